The van der Waals surface area contributed by atoms with Crippen LogP contribution in [0.25, 0.3) is 0 Å². The molecule has 146 valence electrons. The monoisotopic (exact) mass is 356 g/mol. The maximum Gasteiger partial charge on any atom is 0.410 e. The van der Waals surface area contributed by atoms with Gasteiger partial charge in [-0.2, -0.15) is 0 Å². The summed E-state index contributed by atoms with van der Waals surface area (Å²) in [7, 11) is 0. The molecule has 0 radical (unpaired) electrons. The van der Waals surface area contributed by atoms with Crippen LogP contribution in [-0.2, 0) is 9.47 Å². The summed E-state index contributed by atoms with van der Waals surface area (Å²) in [5.74, 6) is 0. The number of hydrogen-bond donors (Lipinski definition) is 1. The second-order valence-electron chi connectivity index (χ2n) is 8.75. The van der Waals surface area contributed by atoms with Gasteiger partial charge < -0.3 is 19.7 Å². The first-order valence-corrected chi connectivity index (χ1v) is 9.44. The molecule has 0 aliphatic heterocycles. The molecule has 0 aromatic rings. The third-order valence-electron chi connectivity index (χ3n) is 3.89. The van der Waals surface area contributed by atoms with E-state index in [1.165, 1.54) is 6.42 Å². The molecule has 0 spiro atoms. The molecule has 1 aliphatic rings. The van der Waals surface area contributed by atoms with E-state index in [2.05, 4.69) is 5.32 Å². The topological polar surface area (TPSA) is 67.9 Å². The van der Waals surface area contributed by atoms with Crippen LogP contribution in [0.2, 0.25) is 0 Å². The Labute approximate surface area is 152 Å². The smallest absolute Gasteiger partial charge is 0.410 e. The van der Waals surface area contributed by atoms with Gasteiger partial charge in [0.1, 0.15) is 11.2 Å². The fourth-order valence-electron chi connectivity index (χ4n) is 2.89. The molecular weight excluding hydrogens is 320 g/mol. The van der Waals surface area contributed by atoms with Crippen molar-refractivity contribution in [2.45, 2.75) is 97.3 Å². The number of ether oxygens (including phenoxy) is 2. The zero-order chi connectivity index (χ0) is 19.1. The lowest BCUT2D eigenvalue weighted by Crippen LogP contribution is -2.45. The third kappa shape index (κ3) is 9.56. The van der Waals surface area contributed by atoms with Gasteiger partial charge in [0.25, 0.3) is 0 Å². The number of carbonyl (C=O) groups is 2. The maximum atomic E-state index is 12.6. The van der Waals surface area contributed by atoms with E-state index in [1.807, 2.05) is 46.4 Å². The van der Waals surface area contributed by atoms with E-state index in [0.29, 0.717) is 19.5 Å². The highest BCUT2D eigenvalue weighted by Gasteiger charge is 2.29. The number of nitrogens with one attached hydrogen (secondary N) is 1. The summed E-state index contributed by atoms with van der Waals surface area (Å²) in [6, 6.07) is 0.241. The maximum absolute atomic E-state index is 12.6. The van der Waals surface area contributed by atoms with Gasteiger partial charge in [0.15, 0.2) is 0 Å². The molecule has 25 heavy (non-hydrogen) atoms. The van der Waals surface area contributed by atoms with Crippen LogP contribution in [0.1, 0.15) is 80.1 Å². The van der Waals surface area contributed by atoms with Gasteiger partial charge in [0.05, 0.1) is 0 Å². The van der Waals surface area contributed by atoms with E-state index in [1.54, 1.807) is 0 Å². The molecule has 1 rings (SSSR count). The lowest BCUT2D eigenvalue weighted by Gasteiger charge is -2.35. The van der Waals surface area contributed by atoms with E-state index in [9.17, 15) is 9.59 Å². The van der Waals surface area contributed by atoms with Crippen molar-refractivity contribution in [1.29, 1.82) is 0 Å². The average Bonchev–Trinajstić information content (AvgIpc) is 2.44. The number of amides is 2. The second-order valence-corrected chi connectivity index (χ2v) is 8.75. The van der Waals surface area contributed by atoms with Crippen molar-refractivity contribution < 1.29 is 19.1 Å². The first kappa shape index (κ1) is 21.6. The summed E-state index contributed by atoms with van der Waals surface area (Å²) in [6.07, 6.45) is 5.59. The zero-order valence-corrected chi connectivity index (χ0v) is 16.8. The summed E-state index contributed by atoms with van der Waals surface area (Å²) >= 11 is 0. The first-order chi connectivity index (χ1) is 11.5. The van der Waals surface area contributed by atoms with E-state index >= 15 is 0 Å². The van der Waals surface area contributed by atoms with Crippen LogP contribution in [0.5, 0.6) is 0 Å². The molecule has 0 aromatic heterocycles. The van der Waals surface area contributed by atoms with Crippen molar-refractivity contribution in [3.05, 3.63) is 0 Å². The summed E-state index contributed by atoms with van der Waals surface area (Å²) in [4.78, 5) is 26.1. The van der Waals surface area contributed by atoms with Gasteiger partial charge >= 0.3 is 12.2 Å². The molecule has 1 N–H and O–H groups in total. The zero-order valence-electron chi connectivity index (χ0n) is 16.8. The Morgan fingerprint density at radius 2 is 1.52 bits per heavy atom. The van der Waals surface area contributed by atoms with Crippen LogP contribution < -0.4 is 5.32 Å². The molecule has 0 aromatic carbocycles. The van der Waals surface area contributed by atoms with E-state index < -0.39 is 17.3 Å². The van der Waals surface area contributed by atoms with Crippen molar-refractivity contribution in [3.63, 3.8) is 0 Å². The minimum atomic E-state index is -0.505. The average molecular weight is 357 g/mol. The largest absolute Gasteiger partial charge is 0.444 e. The molecule has 1 saturated carbocycles. The normalized spacial score (nSPS) is 16.2. The SMILES string of the molecule is CC(C)(C)OC(=O)NCCCN(C(=O)OC(C)(C)C)C1CCCCC1. The van der Waals surface area contributed by atoms with Gasteiger partial charge in [-0.15, -0.1) is 0 Å². The van der Waals surface area contributed by atoms with E-state index in [-0.39, 0.29) is 12.1 Å². The quantitative estimate of drug-likeness (QED) is 0.738. The summed E-state index contributed by atoms with van der Waals surface area (Å²) in [5.41, 5.74) is -1.01. The third-order valence-corrected chi connectivity index (χ3v) is 3.89. The molecule has 2 amide bonds. The molecule has 0 bridgehead atoms. The van der Waals surface area contributed by atoms with E-state index in [0.717, 1.165) is 25.7 Å². The highest BCUT2D eigenvalue weighted by atomic mass is 16.6. The number of rotatable bonds is 5. The number of alkyl carbamates (subject to hydrolysis) is 1. The standard InChI is InChI=1S/C19H36N2O4/c1-18(2,3)24-16(22)20-13-10-14-21(15-11-8-7-9-12-15)17(23)25-19(4,5)6/h15H,7-14H2,1-6H3,(H,20,22). The number of nitrogens with zero attached hydrogens (tertiary/aromatic N) is 1. The summed E-state index contributed by atoms with van der Waals surface area (Å²) in [5, 5.41) is 2.74. The Bertz CT molecular complexity index is 432. The molecule has 6 nitrogen and oxygen atoms in total. The van der Waals surface area contributed by atoms with Crippen LogP contribution in [0, 0.1) is 0 Å². The molecule has 1 aliphatic carbocycles. The molecule has 0 saturated heterocycles. The Morgan fingerprint density at radius 1 is 0.960 bits per heavy atom. The van der Waals surface area contributed by atoms with Crippen LogP contribution in [0.15, 0.2) is 0 Å². The Balaban J connectivity index is 2.50. The highest BCUT2D eigenvalue weighted by molar-refractivity contribution is 5.69. The van der Waals surface area contributed by atoms with Gasteiger partial charge in [0.2, 0.25) is 0 Å². The van der Waals surface area contributed by atoms with Crippen molar-refractivity contribution >= 4 is 12.2 Å². The molecule has 0 atom stereocenters. The van der Waals surface area contributed by atoms with Crippen LogP contribution in [0.4, 0.5) is 9.59 Å². The van der Waals surface area contributed by atoms with Crippen LogP contribution >= 0.6 is 0 Å². The van der Waals surface area contributed by atoms with Gasteiger partial charge in [0, 0.05) is 19.1 Å². The van der Waals surface area contributed by atoms with Crippen molar-refractivity contribution in [2.24, 2.45) is 0 Å². The highest BCUT2D eigenvalue weighted by Crippen LogP contribution is 2.24. The van der Waals surface area contributed by atoms with Crippen molar-refractivity contribution in [1.82, 2.24) is 10.2 Å². The Hall–Kier alpha value is -1.46. The van der Waals surface area contributed by atoms with Gasteiger partial charge in [-0.1, -0.05) is 19.3 Å². The molecule has 1 fully saturated rings. The Morgan fingerprint density at radius 3 is 2.04 bits per heavy atom. The minimum absolute atomic E-state index is 0.241. The number of carbonyl (C=O) groups excluding carboxylic acids is 2. The van der Waals surface area contributed by atoms with Gasteiger partial charge in [-0.25, -0.2) is 9.59 Å². The number of hydrogen-bond acceptors (Lipinski definition) is 4. The lowest BCUT2D eigenvalue weighted by atomic mass is 9.94. The minimum Gasteiger partial charge on any atom is -0.444 e. The second kappa shape index (κ2) is 9.30. The fraction of sp³-hybridized carbons (Fsp3) is 0.895. The van der Waals surface area contributed by atoms with E-state index in [4.69, 9.17) is 9.47 Å². The predicted octanol–water partition coefficient (Wildman–Crippen LogP) is 4.47. The molecule has 6 heteroatoms. The van der Waals surface area contributed by atoms with Gasteiger partial charge in [-0.3, -0.25) is 0 Å². The van der Waals surface area contributed by atoms with Crippen molar-refractivity contribution in [2.75, 3.05) is 13.1 Å². The molecule has 0 heterocycles. The summed E-state index contributed by atoms with van der Waals surface area (Å²) in [6.45, 7) is 12.2. The Kier molecular flexibility index (Phi) is 8.03. The van der Waals surface area contributed by atoms with Crippen molar-refractivity contribution in [3.8, 4) is 0 Å². The summed E-state index contributed by atoms with van der Waals surface area (Å²) < 4.78 is 10.8. The lowest BCUT2D eigenvalue weighted by molar-refractivity contribution is 0.0119. The fourth-order valence-corrected chi connectivity index (χ4v) is 2.89. The first-order valence-electron chi connectivity index (χ1n) is 9.44. The molecular formula is C19H36N2O4. The molecule has 0 unspecified atom stereocenters. The van der Waals surface area contributed by atoms with Crippen LogP contribution in [0.3, 0.4) is 0 Å². The van der Waals surface area contributed by atoms with Gasteiger partial charge in [-0.05, 0) is 60.8 Å². The predicted molar refractivity (Wildman–Crippen MR) is 98.7 cm³/mol. The van der Waals surface area contributed by atoms with Crippen LogP contribution in [-0.4, -0.2) is 47.4 Å².